The summed E-state index contributed by atoms with van der Waals surface area (Å²) in [5.74, 6) is 0.279. The normalized spacial score (nSPS) is 13.0. The molecule has 1 aromatic rings. The molecule has 1 rings (SSSR count). The summed E-state index contributed by atoms with van der Waals surface area (Å²) in [6, 6.07) is 6.35. The molecule has 0 fully saturated rings. The molecule has 0 unspecified atom stereocenters. The third-order valence-corrected chi connectivity index (χ3v) is 9.48. The summed E-state index contributed by atoms with van der Waals surface area (Å²) in [5, 5.41) is -2.01. The van der Waals surface area contributed by atoms with Crippen molar-refractivity contribution in [2.24, 2.45) is 0 Å². The van der Waals surface area contributed by atoms with Gasteiger partial charge in [0.1, 0.15) is 5.75 Å². The maximum atomic E-state index is 13.6. The van der Waals surface area contributed by atoms with Gasteiger partial charge in [0, 0.05) is 5.69 Å². The van der Waals surface area contributed by atoms with E-state index in [0.717, 1.165) is 0 Å². The largest absolute Gasteiger partial charge is 0.462 e. The standard InChI is InChI=1S/C16H29NO7P2/c1-6-20-25(18,21-7-2)16(5,26(19,22-8-3)23-9-4)24-15-12-10-14(17)11-13-15/h10-13H,6-9,17H2,1-5H3. The van der Waals surface area contributed by atoms with Crippen molar-refractivity contribution in [3.05, 3.63) is 24.3 Å². The summed E-state index contributed by atoms with van der Waals surface area (Å²) in [6.45, 7) is 8.24. The highest BCUT2D eigenvalue weighted by Crippen LogP contribution is 2.77. The number of nitrogen functional groups attached to an aromatic ring is 1. The molecular weight excluding hydrogens is 380 g/mol. The highest BCUT2D eigenvalue weighted by molar-refractivity contribution is 7.73. The topological polar surface area (TPSA) is 106 Å². The Labute approximate surface area is 155 Å². The van der Waals surface area contributed by atoms with E-state index in [9.17, 15) is 9.13 Å². The Bertz CT molecular complexity index is 601. The van der Waals surface area contributed by atoms with Crippen molar-refractivity contribution in [2.45, 2.75) is 39.7 Å². The van der Waals surface area contributed by atoms with Gasteiger partial charge >= 0.3 is 20.3 Å². The quantitative estimate of drug-likeness (QED) is 0.386. The van der Waals surface area contributed by atoms with E-state index in [1.54, 1.807) is 52.0 Å². The first-order valence-corrected chi connectivity index (χ1v) is 11.6. The van der Waals surface area contributed by atoms with Crippen molar-refractivity contribution < 1.29 is 32.0 Å². The molecule has 0 spiro atoms. The van der Waals surface area contributed by atoms with Crippen LogP contribution in [0.1, 0.15) is 34.6 Å². The van der Waals surface area contributed by atoms with E-state index in [2.05, 4.69) is 0 Å². The van der Waals surface area contributed by atoms with Crippen LogP contribution in [0.2, 0.25) is 0 Å². The minimum Gasteiger partial charge on any atom is -0.462 e. The van der Waals surface area contributed by atoms with Crippen LogP contribution in [0.3, 0.4) is 0 Å². The van der Waals surface area contributed by atoms with Gasteiger partial charge in [-0.25, -0.2) is 0 Å². The highest BCUT2D eigenvalue weighted by Gasteiger charge is 2.65. The van der Waals surface area contributed by atoms with Gasteiger partial charge in [-0.05, 0) is 58.9 Å². The maximum Gasteiger partial charge on any atom is 0.386 e. The van der Waals surface area contributed by atoms with Crippen molar-refractivity contribution >= 4 is 20.9 Å². The lowest BCUT2D eigenvalue weighted by Gasteiger charge is -2.39. The zero-order chi connectivity index (χ0) is 19.8. The molecule has 0 saturated heterocycles. The zero-order valence-corrected chi connectivity index (χ0v) is 17.8. The molecule has 0 saturated carbocycles. The van der Waals surface area contributed by atoms with Gasteiger partial charge in [0.05, 0.1) is 26.4 Å². The van der Waals surface area contributed by atoms with Gasteiger partial charge in [0.15, 0.2) is 0 Å². The van der Waals surface area contributed by atoms with Crippen LogP contribution in [0.25, 0.3) is 0 Å². The van der Waals surface area contributed by atoms with Crippen LogP contribution < -0.4 is 10.5 Å². The van der Waals surface area contributed by atoms with Crippen LogP contribution in [0, 0.1) is 0 Å². The minimum atomic E-state index is -4.07. The van der Waals surface area contributed by atoms with Crippen LogP contribution in [-0.4, -0.2) is 31.5 Å². The zero-order valence-electron chi connectivity index (χ0n) is 16.0. The first-order chi connectivity index (χ1) is 12.2. The van der Waals surface area contributed by atoms with Crippen LogP contribution in [-0.2, 0) is 27.2 Å². The summed E-state index contributed by atoms with van der Waals surface area (Å²) in [7, 11) is -8.13. The minimum absolute atomic E-state index is 0.0657. The van der Waals surface area contributed by atoms with Crippen molar-refractivity contribution in [3.8, 4) is 5.75 Å². The van der Waals surface area contributed by atoms with Crippen LogP contribution in [0.15, 0.2) is 24.3 Å². The van der Waals surface area contributed by atoms with E-state index in [1.807, 2.05) is 0 Å². The first kappa shape index (κ1) is 23.2. The third kappa shape index (κ3) is 4.89. The molecule has 0 heterocycles. The SMILES string of the molecule is CCOP(=O)(OCC)C(C)(Oc1ccc(N)cc1)P(=O)(OCC)OCC. The third-order valence-electron chi connectivity index (χ3n) is 3.40. The molecule has 10 heteroatoms. The van der Waals surface area contributed by atoms with Crippen molar-refractivity contribution in [2.75, 3.05) is 32.2 Å². The second-order valence-electron chi connectivity index (χ2n) is 5.27. The van der Waals surface area contributed by atoms with Gasteiger partial charge in [-0.2, -0.15) is 0 Å². The molecule has 0 bridgehead atoms. The van der Waals surface area contributed by atoms with Crippen molar-refractivity contribution in [3.63, 3.8) is 0 Å². The summed E-state index contributed by atoms with van der Waals surface area (Å²) >= 11 is 0. The second kappa shape index (κ2) is 9.88. The molecule has 26 heavy (non-hydrogen) atoms. The van der Waals surface area contributed by atoms with E-state index in [1.165, 1.54) is 6.92 Å². The molecule has 0 atom stereocenters. The predicted octanol–water partition coefficient (Wildman–Crippen LogP) is 4.85. The molecule has 2 N–H and O–H groups in total. The van der Waals surface area contributed by atoms with Crippen LogP contribution >= 0.6 is 15.2 Å². The Morgan fingerprint density at radius 3 is 1.46 bits per heavy atom. The van der Waals surface area contributed by atoms with Gasteiger partial charge < -0.3 is 28.6 Å². The molecular formula is C16H29NO7P2. The van der Waals surface area contributed by atoms with Crippen LogP contribution in [0.5, 0.6) is 5.75 Å². The summed E-state index contributed by atoms with van der Waals surface area (Å²) in [5.41, 5.74) is 6.21. The Morgan fingerprint density at radius 1 is 0.808 bits per heavy atom. The monoisotopic (exact) mass is 409 g/mol. The lowest BCUT2D eigenvalue weighted by Crippen LogP contribution is -2.36. The van der Waals surface area contributed by atoms with Gasteiger partial charge in [-0.3, -0.25) is 9.13 Å². The molecule has 1 aromatic carbocycles. The number of ether oxygens (including phenoxy) is 1. The van der Waals surface area contributed by atoms with Crippen molar-refractivity contribution in [1.82, 2.24) is 0 Å². The molecule has 8 nitrogen and oxygen atoms in total. The second-order valence-corrected chi connectivity index (χ2v) is 10.4. The van der Waals surface area contributed by atoms with Gasteiger partial charge in [0.25, 0.3) is 0 Å². The average Bonchev–Trinajstić information content (AvgIpc) is 2.57. The lowest BCUT2D eigenvalue weighted by atomic mass is 10.3. The van der Waals surface area contributed by atoms with Gasteiger partial charge in [-0.15, -0.1) is 0 Å². The Morgan fingerprint density at radius 2 is 1.15 bits per heavy atom. The summed E-state index contributed by atoms with van der Waals surface area (Å²) in [6.07, 6.45) is 0. The van der Waals surface area contributed by atoms with Crippen LogP contribution in [0.4, 0.5) is 5.69 Å². The van der Waals surface area contributed by atoms with E-state index in [0.29, 0.717) is 5.69 Å². The molecule has 0 aromatic heterocycles. The Hall–Kier alpha value is -0.880. The fourth-order valence-corrected chi connectivity index (χ4v) is 7.05. The molecule has 150 valence electrons. The smallest absolute Gasteiger partial charge is 0.386 e. The van der Waals surface area contributed by atoms with E-state index in [-0.39, 0.29) is 32.2 Å². The maximum absolute atomic E-state index is 13.6. The van der Waals surface area contributed by atoms with Crippen molar-refractivity contribution in [1.29, 1.82) is 0 Å². The number of anilines is 1. The number of nitrogens with two attached hydrogens (primary N) is 1. The van der Waals surface area contributed by atoms with Gasteiger partial charge in [0.2, 0.25) is 0 Å². The summed E-state index contributed by atoms with van der Waals surface area (Å²) in [4.78, 5) is 0. The van der Waals surface area contributed by atoms with Gasteiger partial charge in [-0.1, -0.05) is 0 Å². The average molecular weight is 409 g/mol. The fraction of sp³-hybridized carbons (Fsp3) is 0.625. The first-order valence-electron chi connectivity index (χ1n) is 8.54. The Balaban J connectivity index is 3.53. The number of hydrogen-bond donors (Lipinski definition) is 1. The lowest BCUT2D eigenvalue weighted by molar-refractivity contribution is 0.107. The molecule has 0 aliphatic carbocycles. The highest BCUT2D eigenvalue weighted by atomic mass is 31.2. The summed E-state index contributed by atoms with van der Waals surface area (Å²) < 4.78 is 54.8. The predicted molar refractivity (Wildman–Crippen MR) is 102 cm³/mol. The van der Waals surface area contributed by atoms with E-state index in [4.69, 9.17) is 28.6 Å². The Kier molecular flexibility index (Phi) is 8.80. The number of hydrogen-bond acceptors (Lipinski definition) is 8. The molecule has 0 radical (unpaired) electrons. The number of benzene rings is 1. The number of rotatable bonds is 12. The van der Waals surface area contributed by atoms with E-state index < -0.39 is 20.3 Å². The molecule has 0 amide bonds. The fourth-order valence-electron chi connectivity index (χ4n) is 2.25. The molecule has 0 aliphatic rings. The molecule has 0 aliphatic heterocycles. The van der Waals surface area contributed by atoms with E-state index >= 15 is 0 Å².